The first-order valence-corrected chi connectivity index (χ1v) is 11.0. The minimum absolute atomic E-state index is 0.0157. The minimum Gasteiger partial charge on any atom is -0.468 e. The zero-order valence-electron chi connectivity index (χ0n) is 18.3. The Kier molecular flexibility index (Phi) is 8.39. The van der Waals surface area contributed by atoms with Crippen molar-refractivity contribution in [3.05, 3.63) is 17.9 Å². The zero-order chi connectivity index (χ0) is 20.6. The van der Waals surface area contributed by atoms with Crippen molar-refractivity contribution in [3.8, 4) is 5.95 Å². The van der Waals surface area contributed by atoms with Gasteiger partial charge in [-0.1, -0.05) is 6.92 Å². The number of hydrogen-bond acceptors (Lipinski definition) is 6. The molecule has 164 valence electrons. The molecule has 2 aliphatic rings. The maximum Gasteiger partial charge on any atom is 0.289 e. The van der Waals surface area contributed by atoms with Gasteiger partial charge in [0, 0.05) is 38.9 Å². The molecule has 1 aromatic rings. The summed E-state index contributed by atoms with van der Waals surface area (Å²) in [7, 11) is 3.31. The molecule has 29 heavy (non-hydrogen) atoms. The number of likely N-dealkylation sites (tertiary alicyclic amines) is 2. The molecule has 0 N–H and O–H groups in total. The maximum absolute atomic E-state index is 13.3. The zero-order valence-corrected chi connectivity index (χ0v) is 18.3. The van der Waals surface area contributed by atoms with Gasteiger partial charge in [0.25, 0.3) is 11.9 Å². The smallest absolute Gasteiger partial charge is 0.289 e. The number of amides is 1. The number of ether oxygens (including phenoxy) is 2. The van der Waals surface area contributed by atoms with Gasteiger partial charge in [-0.3, -0.25) is 9.69 Å². The van der Waals surface area contributed by atoms with E-state index < -0.39 is 0 Å². The summed E-state index contributed by atoms with van der Waals surface area (Å²) in [5.74, 6) is 1.28. The van der Waals surface area contributed by atoms with E-state index >= 15 is 0 Å². The molecule has 3 rings (SSSR count). The summed E-state index contributed by atoms with van der Waals surface area (Å²) in [5, 5.41) is 0. The van der Waals surface area contributed by atoms with Gasteiger partial charge in [-0.15, -0.1) is 0 Å². The van der Waals surface area contributed by atoms with Gasteiger partial charge < -0.3 is 23.7 Å². The molecule has 3 heterocycles. The molecule has 7 nitrogen and oxygen atoms in total. The largest absolute Gasteiger partial charge is 0.468 e. The lowest BCUT2D eigenvalue weighted by Crippen LogP contribution is -2.46. The summed E-state index contributed by atoms with van der Waals surface area (Å²) >= 11 is 0. The minimum atomic E-state index is -0.0157. The van der Waals surface area contributed by atoms with Crippen molar-refractivity contribution in [1.29, 1.82) is 0 Å². The Morgan fingerprint density at radius 1 is 1.17 bits per heavy atom. The van der Waals surface area contributed by atoms with Gasteiger partial charge in [0.2, 0.25) is 0 Å². The van der Waals surface area contributed by atoms with Gasteiger partial charge in [-0.25, -0.2) is 0 Å². The van der Waals surface area contributed by atoms with Crippen LogP contribution in [0.5, 0.6) is 5.95 Å². The van der Waals surface area contributed by atoms with E-state index in [2.05, 4.69) is 16.7 Å². The summed E-state index contributed by atoms with van der Waals surface area (Å²) in [6, 6.07) is 3.89. The number of methoxy groups -OCH3 is 2. The molecule has 0 radical (unpaired) electrons. The quantitative estimate of drug-likeness (QED) is 0.594. The molecule has 7 heteroatoms. The van der Waals surface area contributed by atoms with Crippen LogP contribution in [0, 0.1) is 5.92 Å². The van der Waals surface area contributed by atoms with Crippen molar-refractivity contribution in [2.75, 3.05) is 66.6 Å². The van der Waals surface area contributed by atoms with Crippen LogP contribution in [0.25, 0.3) is 0 Å². The van der Waals surface area contributed by atoms with Gasteiger partial charge in [0.15, 0.2) is 5.76 Å². The van der Waals surface area contributed by atoms with E-state index in [1.807, 2.05) is 4.90 Å². The molecule has 0 saturated carbocycles. The summed E-state index contributed by atoms with van der Waals surface area (Å²) in [5.41, 5.74) is 0. The van der Waals surface area contributed by atoms with E-state index in [-0.39, 0.29) is 5.91 Å². The molecular formula is C22H37N3O4. The Labute approximate surface area is 174 Å². The van der Waals surface area contributed by atoms with Crippen molar-refractivity contribution < 1.29 is 18.7 Å². The average Bonchev–Trinajstić information content (AvgIpc) is 3.41. The molecule has 0 unspecified atom stereocenters. The van der Waals surface area contributed by atoms with E-state index in [0.29, 0.717) is 23.7 Å². The Hall–Kier alpha value is -1.57. The lowest BCUT2D eigenvalue weighted by molar-refractivity contribution is 0.0582. The highest BCUT2D eigenvalue weighted by molar-refractivity contribution is 5.91. The lowest BCUT2D eigenvalue weighted by Gasteiger charge is -2.36. The highest BCUT2D eigenvalue weighted by Crippen LogP contribution is 2.24. The average molecular weight is 408 g/mol. The van der Waals surface area contributed by atoms with Crippen LogP contribution < -0.4 is 4.74 Å². The number of piperidine rings is 1. The molecule has 2 aliphatic heterocycles. The standard InChI is InChI=1S/C22H37N3O4/c1-4-24-11-5-6-19(24)17-25(22(26)20-7-8-21(28-3)29-20)16-18-9-12-23(13-10-18)14-15-27-2/h7-8,18-19H,4-6,9-17H2,1-3H3/t19-/m0/s1. The Bertz CT molecular complexity index is 627. The van der Waals surface area contributed by atoms with Crippen molar-refractivity contribution >= 4 is 5.91 Å². The third kappa shape index (κ3) is 5.96. The van der Waals surface area contributed by atoms with Crippen molar-refractivity contribution in [1.82, 2.24) is 14.7 Å². The highest BCUT2D eigenvalue weighted by Gasteiger charge is 2.31. The Morgan fingerprint density at radius 3 is 2.62 bits per heavy atom. The molecule has 1 aromatic heterocycles. The number of likely N-dealkylation sites (N-methyl/N-ethyl adjacent to an activating group) is 1. The monoisotopic (exact) mass is 407 g/mol. The number of furan rings is 1. The predicted molar refractivity (Wildman–Crippen MR) is 112 cm³/mol. The second kappa shape index (κ2) is 11.0. The number of rotatable bonds is 10. The topological polar surface area (TPSA) is 58.4 Å². The van der Waals surface area contributed by atoms with Crippen molar-refractivity contribution in [2.24, 2.45) is 5.92 Å². The third-order valence-corrected chi connectivity index (χ3v) is 6.41. The molecule has 2 saturated heterocycles. The van der Waals surface area contributed by atoms with Crippen LogP contribution in [0.4, 0.5) is 0 Å². The van der Waals surface area contributed by atoms with Gasteiger partial charge in [0.05, 0.1) is 13.7 Å². The van der Waals surface area contributed by atoms with Crippen LogP contribution in [0.1, 0.15) is 43.2 Å². The fourth-order valence-electron chi connectivity index (χ4n) is 4.64. The van der Waals surface area contributed by atoms with Crippen LogP contribution in [-0.4, -0.2) is 93.3 Å². The summed E-state index contributed by atoms with van der Waals surface area (Å²) < 4.78 is 15.9. The summed E-state index contributed by atoms with van der Waals surface area (Å²) in [6.07, 6.45) is 4.62. The molecule has 0 bridgehead atoms. The number of carbonyl (C=O) groups is 1. The van der Waals surface area contributed by atoms with Crippen LogP contribution in [0.15, 0.2) is 16.5 Å². The van der Waals surface area contributed by atoms with E-state index in [4.69, 9.17) is 13.9 Å². The van der Waals surface area contributed by atoms with Crippen molar-refractivity contribution in [2.45, 2.75) is 38.6 Å². The van der Waals surface area contributed by atoms with Gasteiger partial charge in [-0.05, 0) is 63.8 Å². The number of hydrogen-bond donors (Lipinski definition) is 0. The predicted octanol–water partition coefficient (Wildman–Crippen LogP) is 2.57. The van der Waals surface area contributed by atoms with Crippen molar-refractivity contribution in [3.63, 3.8) is 0 Å². The molecular weight excluding hydrogens is 370 g/mol. The van der Waals surface area contributed by atoms with Crippen LogP contribution in [0.3, 0.4) is 0 Å². The second-order valence-electron chi connectivity index (χ2n) is 8.24. The molecule has 2 fully saturated rings. The highest BCUT2D eigenvalue weighted by atomic mass is 16.6. The van der Waals surface area contributed by atoms with Gasteiger partial charge in [0.1, 0.15) is 0 Å². The fraction of sp³-hybridized carbons (Fsp3) is 0.773. The van der Waals surface area contributed by atoms with Gasteiger partial charge in [-0.2, -0.15) is 0 Å². The van der Waals surface area contributed by atoms with E-state index in [1.165, 1.54) is 6.42 Å². The Morgan fingerprint density at radius 2 is 1.97 bits per heavy atom. The fourth-order valence-corrected chi connectivity index (χ4v) is 4.64. The molecule has 0 aromatic carbocycles. The van der Waals surface area contributed by atoms with Gasteiger partial charge >= 0.3 is 0 Å². The van der Waals surface area contributed by atoms with E-state index in [1.54, 1.807) is 26.4 Å². The van der Waals surface area contributed by atoms with Crippen LogP contribution in [0.2, 0.25) is 0 Å². The molecule has 1 atom stereocenters. The maximum atomic E-state index is 13.3. The van der Waals surface area contributed by atoms with E-state index in [0.717, 1.165) is 71.7 Å². The van der Waals surface area contributed by atoms with Crippen LogP contribution >= 0.6 is 0 Å². The molecule has 0 aliphatic carbocycles. The molecule has 1 amide bonds. The SMILES string of the molecule is CCN1CCC[C@H]1CN(CC1CCN(CCOC)CC1)C(=O)c1ccc(OC)o1. The lowest BCUT2D eigenvalue weighted by atomic mass is 9.95. The summed E-state index contributed by atoms with van der Waals surface area (Å²) in [4.78, 5) is 20.3. The second-order valence-corrected chi connectivity index (χ2v) is 8.24. The normalized spacial score (nSPS) is 21.6. The first-order valence-electron chi connectivity index (χ1n) is 11.0. The molecule has 0 spiro atoms. The first-order chi connectivity index (χ1) is 14.1. The number of nitrogens with zero attached hydrogens (tertiary/aromatic N) is 3. The Balaban J connectivity index is 1.63. The number of carbonyl (C=O) groups excluding carboxylic acids is 1. The first kappa shape index (κ1) is 22.1. The third-order valence-electron chi connectivity index (χ3n) is 6.41. The summed E-state index contributed by atoms with van der Waals surface area (Å²) in [6.45, 7) is 9.89. The van der Waals surface area contributed by atoms with Crippen LogP contribution in [-0.2, 0) is 4.74 Å². The van der Waals surface area contributed by atoms with E-state index in [9.17, 15) is 4.79 Å².